The molecule has 0 aliphatic rings. The molecule has 2 N–H and O–H groups in total. The van der Waals surface area contributed by atoms with E-state index in [1.165, 1.54) is 0 Å². The zero-order valence-corrected chi connectivity index (χ0v) is 12.6. The second kappa shape index (κ2) is 7.23. The average Bonchev–Trinajstić information content (AvgIpc) is 2.55. The quantitative estimate of drug-likeness (QED) is 0.885. The molecular weight excluding hydrogens is 276 g/mol. The Labute approximate surface area is 130 Å². The molecule has 0 radical (unpaired) electrons. The van der Waals surface area contributed by atoms with Gasteiger partial charge in [0.25, 0.3) is 5.91 Å². The standard InChI is InChI=1S/C17H18N4O/c1-3-12(2)20-15-7-8-16(19-11-15)17(22)21-14-6-4-5-13(9-14)10-18/h4-9,11-12,20H,3H2,1-2H3,(H,21,22). The van der Waals surface area contributed by atoms with Gasteiger partial charge in [-0.25, -0.2) is 4.98 Å². The van der Waals surface area contributed by atoms with Gasteiger partial charge in [0.05, 0.1) is 23.5 Å². The first-order valence-corrected chi connectivity index (χ1v) is 7.16. The minimum absolute atomic E-state index is 0.301. The molecule has 5 heteroatoms. The second-order valence-corrected chi connectivity index (χ2v) is 5.03. The minimum atomic E-state index is -0.301. The smallest absolute Gasteiger partial charge is 0.274 e. The van der Waals surface area contributed by atoms with Gasteiger partial charge in [-0.15, -0.1) is 0 Å². The molecule has 5 nitrogen and oxygen atoms in total. The van der Waals surface area contributed by atoms with Crippen LogP contribution in [0.25, 0.3) is 0 Å². The predicted molar refractivity (Wildman–Crippen MR) is 86.7 cm³/mol. The molecule has 1 atom stereocenters. The lowest BCUT2D eigenvalue weighted by Crippen LogP contribution is -2.16. The van der Waals surface area contributed by atoms with Crippen LogP contribution >= 0.6 is 0 Å². The minimum Gasteiger partial charge on any atom is -0.381 e. The number of anilines is 2. The Morgan fingerprint density at radius 1 is 1.32 bits per heavy atom. The van der Waals surface area contributed by atoms with E-state index in [2.05, 4.69) is 29.5 Å². The molecule has 112 valence electrons. The summed E-state index contributed by atoms with van der Waals surface area (Å²) in [6.07, 6.45) is 2.66. The van der Waals surface area contributed by atoms with Gasteiger partial charge in [0.1, 0.15) is 5.69 Å². The van der Waals surface area contributed by atoms with E-state index >= 15 is 0 Å². The van der Waals surface area contributed by atoms with Crippen LogP contribution < -0.4 is 10.6 Å². The van der Waals surface area contributed by atoms with Crippen LogP contribution in [0.3, 0.4) is 0 Å². The normalized spacial score (nSPS) is 11.3. The van der Waals surface area contributed by atoms with Crippen molar-refractivity contribution in [3.8, 4) is 6.07 Å². The third-order valence-corrected chi connectivity index (χ3v) is 3.27. The Bertz CT molecular complexity index is 689. The van der Waals surface area contributed by atoms with E-state index in [1.807, 2.05) is 12.1 Å². The first-order chi connectivity index (χ1) is 10.6. The third kappa shape index (κ3) is 4.06. The summed E-state index contributed by atoms with van der Waals surface area (Å²) in [5.41, 5.74) is 2.29. The van der Waals surface area contributed by atoms with Gasteiger partial charge in [-0.3, -0.25) is 4.79 Å². The highest BCUT2D eigenvalue weighted by atomic mass is 16.1. The molecule has 1 amide bonds. The van der Waals surface area contributed by atoms with Crippen LogP contribution in [0.1, 0.15) is 36.3 Å². The maximum absolute atomic E-state index is 12.1. The summed E-state index contributed by atoms with van der Waals surface area (Å²) in [4.78, 5) is 16.3. The van der Waals surface area contributed by atoms with E-state index in [-0.39, 0.29) is 5.91 Å². The molecule has 1 aromatic carbocycles. The number of rotatable bonds is 5. The number of nitriles is 1. The molecule has 0 saturated heterocycles. The van der Waals surface area contributed by atoms with Gasteiger partial charge in [0.2, 0.25) is 0 Å². The Balaban J connectivity index is 2.05. The van der Waals surface area contributed by atoms with Crippen molar-refractivity contribution < 1.29 is 4.79 Å². The molecule has 0 aliphatic carbocycles. The van der Waals surface area contributed by atoms with Gasteiger partial charge in [0, 0.05) is 11.7 Å². The molecule has 0 bridgehead atoms. The lowest BCUT2D eigenvalue weighted by molar-refractivity contribution is 0.102. The van der Waals surface area contributed by atoms with Crippen molar-refractivity contribution in [2.75, 3.05) is 10.6 Å². The number of aromatic nitrogens is 1. The van der Waals surface area contributed by atoms with Crippen LogP contribution in [0, 0.1) is 11.3 Å². The zero-order valence-electron chi connectivity index (χ0n) is 12.6. The van der Waals surface area contributed by atoms with E-state index in [1.54, 1.807) is 36.5 Å². The van der Waals surface area contributed by atoms with Crippen molar-refractivity contribution in [3.63, 3.8) is 0 Å². The molecule has 1 aromatic heterocycles. The van der Waals surface area contributed by atoms with Crippen molar-refractivity contribution in [1.82, 2.24) is 4.98 Å². The second-order valence-electron chi connectivity index (χ2n) is 5.03. The van der Waals surface area contributed by atoms with E-state index in [0.717, 1.165) is 12.1 Å². The van der Waals surface area contributed by atoms with Crippen molar-refractivity contribution >= 4 is 17.3 Å². The molecular formula is C17H18N4O. The topological polar surface area (TPSA) is 77.8 Å². The number of amides is 1. The van der Waals surface area contributed by atoms with E-state index in [4.69, 9.17) is 5.26 Å². The number of pyridine rings is 1. The molecule has 0 fully saturated rings. The number of carbonyl (C=O) groups excluding carboxylic acids is 1. The number of carbonyl (C=O) groups is 1. The fourth-order valence-corrected chi connectivity index (χ4v) is 1.86. The third-order valence-electron chi connectivity index (χ3n) is 3.27. The Kier molecular flexibility index (Phi) is 5.10. The lowest BCUT2D eigenvalue weighted by atomic mass is 10.2. The monoisotopic (exact) mass is 294 g/mol. The zero-order chi connectivity index (χ0) is 15.9. The summed E-state index contributed by atoms with van der Waals surface area (Å²) in [5.74, 6) is -0.301. The Morgan fingerprint density at radius 2 is 2.14 bits per heavy atom. The highest BCUT2D eigenvalue weighted by Crippen LogP contribution is 2.13. The van der Waals surface area contributed by atoms with Crippen LogP contribution in [-0.4, -0.2) is 16.9 Å². The molecule has 2 rings (SSSR count). The lowest BCUT2D eigenvalue weighted by Gasteiger charge is -2.12. The SMILES string of the molecule is CCC(C)Nc1ccc(C(=O)Nc2cccc(C#N)c2)nc1. The van der Waals surface area contributed by atoms with Gasteiger partial charge in [0.15, 0.2) is 0 Å². The van der Waals surface area contributed by atoms with Gasteiger partial charge in [-0.05, 0) is 43.7 Å². The number of benzene rings is 1. The molecule has 0 aliphatic heterocycles. The van der Waals surface area contributed by atoms with E-state index in [9.17, 15) is 4.79 Å². The molecule has 0 saturated carbocycles. The van der Waals surface area contributed by atoms with Crippen LogP contribution in [0.15, 0.2) is 42.6 Å². The molecule has 22 heavy (non-hydrogen) atoms. The highest BCUT2D eigenvalue weighted by molar-refractivity contribution is 6.03. The average molecular weight is 294 g/mol. The van der Waals surface area contributed by atoms with Gasteiger partial charge in [-0.2, -0.15) is 5.26 Å². The predicted octanol–water partition coefficient (Wildman–Crippen LogP) is 3.42. The van der Waals surface area contributed by atoms with E-state index < -0.39 is 0 Å². The Hall–Kier alpha value is -2.87. The Morgan fingerprint density at radius 3 is 2.77 bits per heavy atom. The molecule has 1 heterocycles. The molecule has 0 spiro atoms. The van der Waals surface area contributed by atoms with Crippen LogP contribution in [-0.2, 0) is 0 Å². The largest absolute Gasteiger partial charge is 0.381 e. The molecule has 2 aromatic rings. The summed E-state index contributed by atoms with van der Waals surface area (Å²) in [6, 6.07) is 12.7. The van der Waals surface area contributed by atoms with E-state index in [0.29, 0.717) is 23.0 Å². The number of hydrogen-bond acceptors (Lipinski definition) is 4. The fraction of sp³-hybridized carbons (Fsp3) is 0.235. The van der Waals surface area contributed by atoms with Crippen molar-refractivity contribution in [2.45, 2.75) is 26.3 Å². The van der Waals surface area contributed by atoms with Crippen molar-refractivity contribution in [1.29, 1.82) is 5.26 Å². The first-order valence-electron chi connectivity index (χ1n) is 7.16. The van der Waals surface area contributed by atoms with Crippen LogP contribution in [0.5, 0.6) is 0 Å². The van der Waals surface area contributed by atoms with Crippen LogP contribution in [0.4, 0.5) is 11.4 Å². The number of hydrogen-bond donors (Lipinski definition) is 2. The maximum Gasteiger partial charge on any atom is 0.274 e. The summed E-state index contributed by atoms with van der Waals surface area (Å²) in [7, 11) is 0. The maximum atomic E-state index is 12.1. The van der Waals surface area contributed by atoms with Gasteiger partial charge < -0.3 is 10.6 Å². The first kappa shape index (κ1) is 15.5. The summed E-state index contributed by atoms with van der Waals surface area (Å²) < 4.78 is 0. The molecule has 1 unspecified atom stereocenters. The van der Waals surface area contributed by atoms with Gasteiger partial charge in [-0.1, -0.05) is 13.0 Å². The summed E-state index contributed by atoms with van der Waals surface area (Å²) >= 11 is 0. The van der Waals surface area contributed by atoms with Crippen LogP contribution in [0.2, 0.25) is 0 Å². The number of nitrogens with zero attached hydrogens (tertiary/aromatic N) is 2. The fourth-order valence-electron chi connectivity index (χ4n) is 1.86. The highest BCUT2D eigenvalue weighted by Gasteiger charge is 2.08. The number of nitrogens with one attached hydrogen (secondary N) is 2. The van der Waals surface area contributed by atoms with Crippen molar-refractivity contribution in [2.24, 2.45) is 0 Å². The van der Waals surface area contributed by atoms with Gasteiger partial charge >= 0.3 is 0 Å². The summed E-state index contributed by atoms with van der Waals surface area (Å²) in [5, 5.41) is 14.9. The summed E-state index contributed by atoms with van der Waals surface area (Å²) in [6.45, 7) is 4.19. The van der Waals surface area contributed by atoms with Crippen molar-refractivity contribution in [3.05, 3.63) is 53.9 Å².